The first kappa shape index (κ1) is 24.0. The van der Waals surface area contributed by atoms with Crippen molar-refractivity contribution in [3.63, 3.8) is 0 Å². The van der Waals surface area contributed by atoms with Crippen LogP contribution in [-0.2, 0) is 20.7 Å². The summed E-state index contributed by atoms with van der Waals surface area (Å²) in [7, 11) is 0. The van der Waals surface area contributed by atoms with Crippen molar-refractivity contribution >= 4 is 40.8 Å². The second-order valence-corrected chi connectivity index (χ2v) is 7.13. The van der Waals surface area contributed by atoms with Crippen molar-refractivity contribution in [1.29, 1.82) is 0 Å². The second kappa shape index (κ2) is 13.1. The van der Waals surface area contributed by atoms with E-state index in [0.717, 1.165) is 12.8 Å². The number of esters is 1. The van der Waals surface area contributed by atoms with Crippen molar-refractivity contribution in [2.75, 3.05) is 18.5 Å². The van der Waals surface area contributed by atoms with Gasteiger partial charge < -0.3 is 20.7 Å². The van der Waals surface area contributed by atoms with Crippen LogP contribution in [0.15, 0.2) is 54.6 Å². The number of carbonyl (C=O) groups is 3. The largest absolute Gasteiger partial charge is 0.466 e. The minimum atomic E-state index is -0.427. The Labute approximate surface area is 187 Å². The Balaban J connectivity index is 1.68. The first-order valence-corrected chi connectivity index (χ1v) is 10.6. The van der Waals surface area contributed by atoms with Crippen molar-refractivity contribution in [2.45, 2.75) is 32.6 Å². The van der Waals surface area contributed by atoms with Crippen LogP contribution in [0, 0.1) is 0 Å². The van der Waals surface area contributed by atoms with E-state index in [9.17, 15) is 14.4 Å². The van der Waals surface area contributed by atoms with Gasteiger partial charge >= 0.3 is 5.97 Å². The zero-order valence-corrected chi connectivity index (χ0v) is 18.3. The van der Waals surface area contributed by atoms with E-state index in [2.05, 4.69) is 16.0 Å². The molecule has 0 bridgehead atoms. The van der Waals surface area contributed by atoms with Crippen LogP contribution in [0.2, 0.25) is 0 Å². The summed E-state index contributed by atoms with van der Waals surface area (Å²) in [6.07, 6.45) is 1.47. The standard InChI is InChI=1S/C23H27N3O4S/c1-2-24-22(29)18-12-6-7-13-19(18)25-23(31)26-20(27)14-15-21(28)30-16-8-11-17-9-4-3-5-10-17/h3-7,9-10,12-13H,2,8,11,14-16H2,1H3,(H,24,29)(H2,25,26,27,31). The number of anilines is 1. The summed E-state index contributed by atoms with van der Waals surface area (Å²) in [5.74, 6) is -1.08. The minimum absolute atomic E-state index is 0.0325. The molecule has 0 aliphatic carbocycles. The molecule has 31 heavy (non-hydrogen) atoms. The fraction of sp³-hybridized carbons (Fsp3) is 0.304. The Bertz CT molecular complexity index is 903. The molecule has 3 N–H and O–H groups in total. The predicted molar refractivity (Wildman–Crippen MR) is 124 cm³/mol. The number of carbonyl (C=O) groups excluding carboxylic acids is 3. The van der Waals surface area contributed by atoms with Gasteiger partial charge in [0.1, 0.15) is 0 Å². The Morgan fingerprint density at radius 1 is 0.968 bits per heavy atom. The molecule has 0 heterocycles. The average Bonchev–Trinajstić information content (AvgIpc) is 2.76. The van der Waals surface area contributed by atoms with Gasteiger partial charge in [0, 0.05) is 13.0 Å². The third kappa shape index (κ3) is 8.96. The van der Waals surface area contributed by atoms with E-state index in [1.165, 1.54) is 5.56 Å². The van der Waals surface area contributed by atoms with Crippen LogP contribution >= 0.6 is 12.2 Å². The number of nitrogens with one attached hydrogen (secondary N) is 3. The number of rotatable bonds is 10. The lowest BCUT2D eigenvalue weighted by Gasteiger charge is -2.13. The maximum Gasteiger partial charge on any atom is 0.306 e. The Kier molecular flexibility index (Phi) is 10.2. The predicted octanol–water partition coefficient (Wildman–Crippen LogP) is 3.21. The number of thiocarbonyl (C=S) groups is 1. The first-order valence-electron chi connectivity index (χ1n) is 10.2. The molecule has 0 radical (unpaired) electrons. The third-order valence-electron chi connectivity index (χ3n) is 4.28. The SMILES string of the molecule is CCNC(=O)c1ccccc1NC(=S)NC(=O)CCC(=O)OCCCc1ccccc1. The summed E-state index contributed by atoms with van der Waals surface area (Å²) in [5, 5.41) is 8.13. The summed E-state index contributed by atoms with van der Waals surface area (Å²) in [4.78, 5) is 36.0. The lowest BCUT2D eigenvalue weighted by atomic mass is 10.1. The number of benzene rings is 2. The first-order chi connectivity index (χ1) is 15.0. The maximum absolute atomic E-state index is 12.1. The molecule has 0 aliphatic rings. The summed E-state index contributed by atoms with van der Waals surface area (Å²) < 4.78 is 5.17. The molecule has 0 unspecified atom stereocenters. The molecule has 0 aromatic heterocycles. The Morgan fingerprint density at radius 2 is 1.68 bits per heavy atom. The average molecular weight is 442 g/mol. The Morgan fingerprint density at radius 3 is 2.42 bits per heavy atom. The second-order valence-electron chi connectivity index (χ2n) is 6.72. The van der Waals surface area contributed by atoms with Gasteiger partial charge in [-0.25, -0.2) is 0 Å². The van der Waals surface area contributed by atoms with Crippen LogP contribution in [0.1, 0.15) is 42.1 Å². The van der Waals surface area contributed by atoms with Crippen molar-refractivity contribution in [2.24, 2.45) is 0 Å². The van der Waals surface area contributed by atoms with Crippen LogP contribution in [0.3, 0.4) is 0 Å². The van der Waals surface area contributed by atoms with Crippen molar-refractivity contribution in [3.05, 3.63) is 65.7 Å². The highest BCUT2D eigenvalue weighted by molar-refractivity contribution is 7.80. The van der Waals surface area contributed by atoms with E-state index in [1.807, 2.05) is 37.3 Å². The van der Waals surface area contributed by atoms with Gasteiger partial charge in [0.05, 0.1) is 24.3 Å². The highest BCUT2D eigenvalue weighted by atomic mass is 32.1. The quantitative estimate of drug-likeness (QED) is 0.298. The number of hydrogen-bond acceptors (Lipinski definition) is 5. The molecule has 0 saturated heterocycles. The van der Waals surface area contributed by atoms with Gasteiger partial charge in [-0.15, -0.1) is 0 Å². The van der Waals surface area contributed by atoms with Gasteiger partial charge in [-0.05, 0) is 49.7 Å². The molecule has 2 rings (SSSR count). The molecule has 2 aromatic carbocycles. The third-order valence-corrected chi connectivity index (χ3v) is 4.49. The van der Waals surface area contributed by atoms with Crippen LogP contribution in [0.5, 0.6) is 0 Å². The number of hydrogen-bond donors (Lipinski definition) is 3. The molecule has 0 atom stereocenters. The van der Waals surface area contributed by atoms with E-state index < -0.39 is 11.9 Å². The number of aryl methyl sites for hydroxylation is 1. The minimum Gasteiger partial charge on any atom is -0.466 e. The summed E-state index contributed by atoms with van der Waals surface area (Å²) in [6, 6.07) is 16.8. The molecular formula is C23H27N3O4S. The van der Waals surface area contributed by atoms with E-state index >= 15 is 0 Å². The molecule has 164 valence electrons. The molecule has 7 nitrogen and oxygen atoms in total. The van der Waals surface area contributed by atoms with Crippen LogP contribution in [-0.4, -0.2) is 36.0 Å². The van der Waals surface area contributed by atoms with Crippen molar-refractivity contribution in [1.82, 2.24) is 10.6 Å². The van der Waals surface area contributed by atoms with Gasteiger partial charge in [-0.3, -0.25) is 14.4 Å². The van der Waals surface area contributed by atoms with Crippen LogP contribution in [0.4, 0.5) is 5.69 Å². The molecule has 2 amide bonds. The molecule has 0 spiro atoms. The van der Waals surface area contributed by atoms with E-state index in [-0.39, 0.29) is 23.9 Å². The number of ether oxygens (including phenoxy) is 1. The molecule has 0 fully saturated rings. The van der Waals surface area contributed by atoms with Crippen LogP contribution < -0.4 is 16.0 Å². The molecular weight excluding hydrogens is 414 g/mol. The van der Waals surface area contributed by atoms with Crippen molar-refractivity contribution in [3.8, 4) is 0 Å². The summed E-state index contributed by atoms with van der Waals surface area (Å²) in [5.41, 5.74) is 2.09. The van der Waals surface area contributed by atoms with E-state index in [4.69, 9.17) is 17.0 Å². The van der Waals surface area contributed by atoms with Gasteiger partial charge in [0.25, 0.3) is 5.91 Å². The van der Waals surface area contributed by atoms with Gasteiger partial charge in [0.2, 0.25) is 5.91 Å². The fourth-order valence-corrected chi connectivity index (χ4v) is 3.01. The zero-order valence-electron chi connectivity index (χ0n) is 17.5. The fourth-order valence-electron chi connectivity index (χ4n) is 2.78. The number of amides is 2. The number of para-hydroxylation sites is 1. The highest BCUT2D eigenvalue weighted by Crippen LogP contribution is 2.14. The topological polar surface area (TPSA) is 96.5 Å². The highest BCUT2D eigenvalue weighted by Gasteiger charge is 2.13. The molecule has 8 heteroatoms. The summed E-state index contributed by atoms with van der Waals surface area (Å²) >= 11 is 5.14. The zero-order chi connectivity index (χ0) is 22.5. The van der Waals surface area contributed by atoms with Crippen LogP contribution in [0.25, 0.3) is 0 Å². The van der Waals surface area contributed by atoms with E-state index in [0.29, 0.717) is 24.4 Å². The van der Waals surface area contributed by atoms with Gasteiger partial charge in [-0.1, -0.05) is 42.5 Å². The van der Waals surface area contributed by atoms with Crippen molar-refractivity contribution < 1.29 is 19.1 Å². The van der Waals surface area contributed by atoms with Gasteiger partial charge in [0.15, 0.2) is 5.11 Å². The van der Waals surface area contributed by atoms with E-state index in [1.54, 1.807) is 24.3 Å². The maximum atomic E-state index is 12.1. The lowest BCUT2D eigenvalue weighted by Crippen LogP contribution is -2.35. The monoisotopic (exact) mass is 441 g/mol. The smallest absolute Gasteiger partial charge is 0.306 e. The molecule has 0 saturated carbocycles. The summed E-state index contributed by atoms with van der Waals surface area (Å²) in [6.45, 7) is 2.63. The molecule has 2 aromatic rings. The molecule has 0 aliphatic heterocycles. The normalized spacial score (nSPS) is 10.1. The van der Waals surface area contributed by atoms with Gasteiger partial charge in [-0.2, -0.15) is 0 Å². The lowest BCUT2D eigenvalue weighted by molar-refractivity contribution is -0.145. The Hall–Kier alpha value is -3.26.